The van der Waals surface area contributed by atoms with Crippen LogP contribution in [0.5, 0.6) is 0 Å². The molecule has 0 spiro atoms. The van der Waals surface area contributed by atoms with Crippen LogP contribution in [0.4, 0.5) is 0 Å². The Labute approximate surface area is 145 Å². The Kier molecular flexibility index (Phi) is 4.91. The summed E-state index contributed by atoms with van der Waals surface area (Å²) in [6, 6.07) is 13.0. The minimum absolute atomic E-state index is 0.0691. The molecular weight excluding hydrogens is 324 g/mol. The van der Waals surface area contributed by atoms with E-state index in [9.17, 15) is 4.79 Å². The molecule has 0 atom stereocenters. The molecule has 0 saturated heterocycles. The smallest absolute Gasteiger partial charge is 0.224 e. The number of H-pyrrole nitrogens is 1. The summed E-state index contributed by atoms with van der Waals surface area (Å²) in [5.41, 5.74) is 4.30. The fourth-order valence-electron chi connectivity index (χ4n) is 2.43. The average Bonchev–Trinajstić information content (AvgIpc) is 2.95. The van der Waals surface area contributed by atoms with E-state index in [1.54, 1.807) is 6.20 Å². The normalized spacial score (nSPS) is 10.6. The van der Waals surface area contributed by atoms with Crippen molar-refractivity contribution in [1.29, 1.82) is 0 Å². The lowest BCUT2D eigenvalue weighted by Gasteiger charge is -2.06. The number of aromatic amines is 1. The Morgan fingerprint density at radius 2 is 2.00 bits per heavy atom. The van der Waals surface area contributed by atoms with Crippen LogP contribution in [0.3, 0.4) is 0 Å². The van der Waals surface area contributed by atoms with Crippen LogP contribution in [0.15, 0.2) is 48.7 Å². The summed E-state index contributed by atoms with van der Waals surface area (Å²) in [7, 11) is 0. The average molecular weight is 341 g/mol. The van der Waals surface area contributed by atoms with Gasteiger partial charge < -0.3 is 5.32 Å². The van der Waals surface area contributed by atoms with E-state index < -0.39 is 0 Å². The summed E-state index contributed by atoms with van der Waals surface area (Å²) in [4.78, 5) is 16.5. The van der Waals surface area contributed by atoms with Gasteiger partial charge in [0.05, 0.1) is 24.4 Å². The van der Waals surface area contributed by atoms with Gasteiger partial charge in [0.25, 0.3) is 0 Å². The standard InChI is InChI=1S/C18H17ClN4O/c1-12-16(10-17(24)21-11-15-4-2-3-9-20-15)18(23-22-12)13-5-7-14(19)8-6-13/h2-9H,10-11H2,1H3,(H,21,24)(H,22,23). The van der Waals surface area contributed by atoms with Crippen molar-refractivity contribution in [3.05, 3.63) is 70.6 Å². The Hall–Kier alpha value is -2.66. The van der Waals surface area contributed by atoms with Crippen molar-refractivity contribution >= 4 is 17.5 Å². The van der Waals surface area contributed by atoms with Gasteiger partial charge in [0, 0.05) is 28.0 Å². The maximum absolute atomic E-state index is 12.3. The number of rotatable bonds is 5. The van der Waals surface area contributed by atoms with Crippen LogP contribution in [0.2, 0.25) is 5.02 Å². The van der Waals surface area contributed by atoms with E-state index >= 15 is 0 Å². The number of benzene rings is 1. The Morgan fingerprint density at radius 1 is 1.21 bits per heavy atom. The third kappa shape index (κ3) is 3.81. The number of halogens is 1. The molecule has 3 aromatic rings. The molecular formula is C18H17ClN4O. The third-order valence-electron chi connectivity index (χ3n) is 3.72. The van der Waals surface area contributed by atoms with Gasteiger partial charge in [-0.15, -0.1) is 0 Å². The molecule has 3 rings (SSSR count). The summed E-state index contributed by atoms with van der Waals surface area (Å²) in [5.74, 6) is -0.0691. The molecule has 24 heavy (non-hydrogen) atoms. The van der Waals surface area contributed by atoms with Gasteiger partial charge in [-0.25, -0.2) is 0 Å². The van der Waals surface area contributed by atoms with E-state index in [-0.39, 0.29) is 12.3 Å². The van der Waals surface area contributed by atoms with Gasteiger partial charge in [0.1, 0.15) is 0 Å². The molecule has 0 bridgehead atoms. The summed E-state index contributed by atoms with van der Waals surface area (Å²) >= 11 is 5.93. The van der Waals surface area contributed by atoms with Crippen molar-refractivity contribution < 1.29 is 4.79 Å². The maximum atomic E-state index is 12.3. The van der Waals surface area contributed by atoms with Gasteiger partial charge in [-0.2, -0.15) is 5.10 Å². The molecule has 6 heteroatoms. The lowest BCUT2D eigenvalue weighted by atomic mass is 10.0. The number of amides is 1. The van der Waals surface area contributed by atoms with E-state index in [1.165, 1.54) is 0 Å². The first kappa shape index (κ1) is 16.2. The number of nitrogens with zero attached hydrogens (tertiary/aromatic N) is 2. The van der Waals surface area contributed by atoms with Crippen LogP contribution in [-0.4, -0.2) is 21.1 Å². The fraction of sp³-hybridized carbons (Fsp3) is 0.167. The van der Waals surface area contributed by atoms with Gasteiger partial charge >= 0.3 is 0 Å². The summed E-state index contributed by atoms with van der Waals surface area (Å²) in [6.07, 6.45) is 1.97. The molecule has 0 aliphatic carbocycles. The maximum Gasteiger partial charge on any atom is 0.224 e. The largest absolute Gasteiger partial charge is 0.350 e. The van der Waals surface area contributed by atoms with Crippen molar-refractivity contribution in [3.8, 4) is 11.3 Å². The highest BCUT2D eigenvalue weighted by molar-refractivity contribution is 6.30. The Bertz CT molecular complexity index is 828. The molecule has 2 aromatic heterocycles. The molecule has 0 unspecified atom stereocenters. The van der Waals surface area contributed by atoms with Crippen LogP contribution >= 0.6 is 11.6 Å². The lowest BCUT2D eigenvalue weighted by molar-refractivity contribution is -0.120. The zero-order valence-electron chi connectivity index (χ0n) is 13.2. The first-order chi connectivity index (χ1) is 11.6. The zero-order valence-corrected chi connectivity index (χ0v) is 14.0. The number of nitrogens with one attached hydrogen (secondary N) is 2. The highest BCUT2D eigenvalue weighted by atomic mass is 35.5. The summed E-state index contributed by atoms with van der Waals surface area (Å²) in [6.45, 7) is 2.32. The predicted molar refractivity (Wildman–Crippen MR) is 93.6 cm³/mol. The summed E-state index contributed by atoms with van der Waals surface area (Å²) in [5, 5.41) is 10.8. The van der Waals surface area contributed by atoms with Crippen molar-refractivity contribution in [3.63, 3.8) is 0 Å². The van der Waals surface area contributed by atoms with E-state index in [0.717, 1.165) is 28.2 Å². The molecule has 0 aliphatic heterocycles. The first-order valence-electron chi connectivity index (χ1n) is 7.60. The van der Waals surface area contributed by atoms with Crippen LogP contribution in [0, 0.1) is 6.92 Å². The summed E-state index contributed by atoms with van der Waals surface area (Å²) < 4.78 is 0. The number of aryl methyl sites for hydroxylation is 1. The fourth-order valence-corrected chi connectivity index (χ4v) is 2.56. The lowest BCUT2D eigenvalue weighted by Crippen LogP contribution is -2.25. The van der Waals surface area contributed by atoms with Gasteiger partial charge in [-0.1, -0.05) is 29.8 Å². The molecule has 1 aromatic carbocycles. The molecule has 0 aliphatic rings. The number of hydrogen-bond acceptors (Lipinski definition) is 3. The van der Waals surface area contributed by atoms with E-state index in [0.29, 0.717) is 11.6 Å². The van der Waals surface area contributed by atoms with E-state index in [4.69, 9.17) is 11.6 Å². The number of pyridine rings is 1. The molecule has 2 N–H and O–H groups in total. The van der Waals surface area contributed by atoms with Gasteiger partial charge in [-0.05, 0) is 31.2 Å². The van der Waals surface area contributed by atoms with Crippen molar-refractivity contribution in [2.75, 3.05) is 0 Å². The molecule has 0 radical (unpaired) electrons. The van der Waals surface area contributed by atoms with Crippen molar-refractivity contribution in [2.45, 2.75) is 19.9 Å². The first-order valence-corrected chi connectivity index (χ1v) is 7.97. The molecule has 122 valence electrons. The second kappa shape index (κ2) is 7.27. The van der Waals surface area contributed by atoms with Gasteiger partial charge in [0.15, 0.2) is 0 Å². The number of carbonyl (C=O) groups excluding carboxylic acids is 1. The molecule has 5 nitrogen and oxygen atoms in total. The second-order valence-corrected chi connectivity index (χ2v) is 5.89. The van der Waals surface area contributed by atoms with Gasteiger partial charge in [-0.3, -0.25) is 14.9 Å². The minimum Gasteiger partial charge on any atom is -0.350 e. The molecule has 0 saturated carbocycles. The molecule has 0 fully saturated rings. The number of hydrogen-bond donors (Lipinski definition) is 2. The Balaban J connectivity index is 1.72. The third-order valence-corrected chi connectivity index (χ3v) is 3.97. The molecule has 2 heterocycles. The minimum atomic E-state index is -0.0691. The molecule has 1 amide bonds. The number of aromatic nitrogens is 3. The zero-order chi connectivity index (χ0) is 16.9. The van der Waals surface area contributed by atoms with Crippen molar-refractivity contribution in [2.24, 2.45) is 0 Å². The Morgan fingerprint density at radius 3 is 2.71 bits per heavy atom. The highest BCUT2D eigenvalue weighted by Crippen LogP contribution is 2.25. The predicted octanol–water partition coefficient (Wildman–Crippen LogP) is 3.29. The second-order valence-electron chi connectivity index (χ2n) is 5.46. The van der Waals surface area contributed by atoms with E-state index in [1.807, 2.05) is 49.4 Å². The van der Waals surface area contributed by atoms with Crippen molar-refractivity contribution in [1.82, 2.24) is 20.5 Å². The SMILES string of the molecule is Cc1[nH]nc(-c2ccc(Cl)cc2)c1CC(=O)NCc1ccccn1. The monoisotopic (exact) mass is 340 g/mol. The van der Waals surface area contributed by atoms with E-state index in [2.05, 4.69) is 20.5 Å². The highest BCUT2D eigenvalue weighted by Gasteiger charge is 2.15. The topological polar surface area (TPSA) is 70.7 Å². The van der Waals surface area contributed by atoms with Crippen LogP contribution in [-0.2, 0) is 17.8 Å². The van der Waals surface area contributed by atoms with Crippen LogP contribution in [0.1, 0.15) is 17.0 Å². The van der Waals surface area contributed by atoms with Crippen LogP contribution in [0.25, 0.3) is 11.3 Å². The number of carbonyl (C=O) groups is 1. The van der Waals surface area contributed by atoms with Crippen LogP contribution < -0.4 is 5.32 Å². The van der Waals surface area contributed by atoms with Gasteiger partial charge in [0.2, 0.25) is 5.91 Å². The quantitative estimate of drug-likeness (QED) is 0.748.